The van der Waals surface area contributed by atoms with Crippen LogP contribution in [0.25, 0.3) is 0 Å². The molecule has 1 unspecified atom stereocenters. The molecule has 0 radical (unpaired) electrons. The lowest BCUT2D eigenvalue weighted by atomic mass is 10.1. The highest BCUT2D eigenvalue weighted by Gasteiger charge is 2.29. The minimum Gasteiger partial charge on any atom is -0.389 e. The Morgan fingerprint density at radius 2 is 2.17 bits per heavy atom. The van der Waals surface area contributed by atoms with Crippen molar-refractivity contribution in [1.29, 1.82) is 0 Å². The molecule has 1 atom stereocenters. The molecule has 0 saturated carbocycles. The predicted octanol–water partition coefficient (Wildman–Crippen LogP) is 1.74. The Bertz CT molecular complexity index is 406. The monoisotopic (exact) mass is 251 g/mol. The van der Waals surface area contributed by atoms with E-state index < -0.39 is 5.60 Å². The lowest BCUT2D eigenvalue weighted by molar-refractivity contribution is 0.0292. The molecule has 2 rings (SSSR count). The number of hydrogen-bond acceptors (Lipinski definition) is 3. The Morgan fingerprint density at radius 1 is 1.44 bits per heavy atom. The van der Waals surface area contributed by atoms with Crippen LogP contribution in [0, 0.1) is 13.8 Å². The lowest BCUT2D eigenvalue weighted by Gasteiger charge is -2.30. The molecule has 4 nitrogen and oxygen atoms in total. The maximum absolute atomic E-state index is 9.96. The summed E-state index contributed by atoms with van der Waals surface area (Å²) in [6, 6.07) is 2.63. The van der Waals surface area contributed by atoms with Crippen LogP contribution in [0.15, 0.2) is 6.07 Å². The normalized spacial score (nSPS) is 21.7. The number of β-amino-alcohol motifs (C(OH)–C–C–N with tert-alkyl or cyclic N) is 1. The Kier molecular flexibility index (Phi) is 3.78. The topological polar surface area (TPSA) is 41.3 Å². The molecule has 18 heavy (non-hydrogen) atoms. The zero-order valence-electron chi connectivity index (χ0n) is 12.0. The minimum atomic E-state index is -0.613. The van der Waals surface area contributed by atoms with Gasteiger partial charge >= 0.3 is 0 Å². The van der Waals surface area contributed by atoms with Crippen molar-refractivity contribution in [3.63, 3.8) is 0 Å². The van der Waals surface area contributed by atoms with E-state index in [-0.39, 0.29) is 0 Å². The Balaban J connectivity index is 2.02. The quantitative estimate of drug-likeness (QED) is 0.886. The van der Waals surface area contributed by atoms with Crippen LogP contribution in [0.4, 0.5) is 0 Å². The Morgan fingerprint density at radius 3 is 2.72 bits per heavy atom. The van der Waals surface area contributed by atoms with Crippen LogP contribution in [-0.2, 0) is 6.54 Å². The smallest absolute Gasteiger partial charge is 0.0718 e. The largest absolute Gasteiger partial charge is 0.389 e. The average Bonchev–Trinajstić information content (AvgIpc) is 2.73. The molecule has 0 aliphatic carbocycles. The second-order valence-corrected chi connectivity index (χ2v) is 6.19. The second kappa shape index (κ2) is 5.02. The van der Waals surface area contributed by atoms with Crippen molar-refractivity contribution in [2.45, 2.75) is 58.7 Å². The Labute approximate surface area is 110 Å². The third-order valence-corrected chi connectivity index (χ3v) is 3.58. The SMILES string of the molecule is Cc1cc(C)n(CC2CCCN2CC(C)(C)O)n1. The number of nitrogens with zero attached hydrogens (tertiary/aromatic N) is 3. The second-order valence-electron chi connectivity index (χ2n) is 6.19. The van der Waals surface area contributed by atoms with Gasteiger partial charge in [0, 0.05) is 18.3 Å². The molecule has 1 aliphatic heterocycles. The van der Waals surface area contributed by atoms with Gasteiger partial charge < -0.3 is 5.11 Å². The van der Waals surface area contributed by atoms with Gasteiger partial charge in [-0.2, -0.15) is 5.10 Å². The van der Waals surface area contributed by atoms with Gasteiger partial charge in [-0.1, -0.05) is 0 Å². The first kappa shape index (κ1) is 13.6. The summed E-state index contributed by atoms with van der Waals surface area (Å²) in [7, 11) is 0. The van der Waals surface area contributed by atoms with E-state index in [0.717, 1.165) is 25.3 Å². The van der Waals surface area contributed by atoms with Crippen molar-refractivity contribution in [2.75, 3.05) is 13.1 Å². The summed E-state index contributed by atoms with van der Waals surface area (Å²) in [6.07, 6.45) is 2.43. The molecule has 1 aromatic rings. The number of aryl methyl sites for hydroxylation is 2. The van der Waals surface area contributed by atoms with Crippen molar-refractivity contribution in [3.05, 3.63) is 17.5 Å². The zero-order valence-corrected chi connectivity index (χ0v) is 12.0. The van der Waals surface area contributed by atoms with Gasteiger partial charge in [0.15, 0.2) is 0 Å². The van der Waals surface area contributed by atoms with Crippen LogP contribution >= 0.6 is 0 Å². The van der Waals surface area contributed by atoms with Crippen molar-refractivity contribution in [2.24, 2.45) is 0 Å². The van der Waals surface area contributed by atoms with Gasteiger partial charge in [-0.3, -0.25) is 9.58 Å². The van der Waals surface area contributed by atoms with Crippen LogP contribution in [0.5, 0.6) is 0 Å². The number of aromatic nitrogens is 2. The minimum absolute atomic E-state index is 0.509. The van der Waals surface area contributed by atoms with Crippen LogP contribution in [-0.4, -0.2) is 44.5 Å². The van der Waals surface area contributed by atoms with Gasteiger partial charge in [0.2, 0.25) is 0 Å². The van der Waals surface area contributed by atoms with E-state index in [1.54, 1.807) is 0 Å². The highest BCUT2D eigenvalue weighted by Crippen LogP contribution is 2.21. The molecule has 1 N–H and O–H groups in total. The number of rotatable bonds is 4. The third-order valence-electron chi connectivity index (χ3n) is 3.58. The summed E-state index contributed by atoms with van der Waals surface area (Å²) in [5, 5.41) is 14.5. The molecule has 102 valence electrons. The molecular weight excluding hydrogens is 226 g/mol. The molecule has 0 spiro atoms. The van der Waals surface area contributed by atoms with Gasteiger partial charge in [-0.25, -0.2) is 0 Å². The van der Waals surface area contributed by atoms with Crippen molar-refractivity contribution in [1.82, 2.24) is 14.7 Å². The summed E-state index contributed by atoms with van der Waals surface area (Å²) in [4.78, 5) is 2.40. The molecule has 1 aliphatic rings. The predicted molar refractivity (Wildman–Crippen MR) is 72.6 cm³/mol. The lowest BCUT2D eigenvalue weighted by Crippen LogP contribution is -2.43. The first-order chi connectivity index (χ1) is 8.35. The van der Waals surface area contributed by atoms with Crippen molar-refractivity contribution in [3.8, 4) is 0 Å². The van der Waals surface area contributed by atoms with Gasteiger partial charge in [0.05, 0.1) is 17.8 Å². The van der Waals surface area contributed by atoms with E-state index in [0.29, 0.717) is 6.04 Å². The zero-order chi connectivity index (χ0) is 13.3. The highest BCUT2D eigenvalue weighted by atomic mass is 16.3. The number of likely N-dealkylation sites (tertiary alicyclic amines) is 1. The first-order valence-corrected chi connectivity index (χ1v) is 6.83. The fourth-order valence-electron chi connectivity index (χ4n) is 2.87. The molecule has 2 heterocycles. The van der Waals surface area contributed by atoms with Gasteiger partial charge in [0.1, 0.15) is 0 Å². The molecule has 1 fully saturated rings. The maximum atomic E-state index is 9.96. The van der Waals surface area contributed by atoms with Crippen LogP contribution in [0.2, 0.25) is 0 Å². The van der Waals surface area contributed by atoms with E-state index in [2.05, 4.69) is 27.7 Å². The van der Waals surface area contributed by atoms with Crippen molar-refractivity contribution < 1.29 is 5.11 Å². The summed E-state index contributed by atoms with van der Waals surface area (Å²) >= 11 is 0. The van der Waals surface area contributed by atoms with Gasteiger partial charge in [0.25, 0.3) is 0 Å². The molecule has 4 heteroatoms. The number of hydrogen-bond donors (Lipinski definition) is 1. The molecule has 1 aromatic heterocycles. The summed E-state index contributed by atoms with van der Waals surface area (Å²) in [5.41, 5.74) is 1.69. The van der Waals surface area contributed by atoms with E-state index in [4.69, 9.17) is 0 Å². The number of aliphatic hydroxyl groups is 1. The summed E-state index contributed by atoms with van der Waals surface area (Å²) in [6.45, 7) is 10.7. The summed E-state index contributed by atoms with van der Waals surface area (Å²) in [5.74, 6) is 0. The Hall–Kier alpha value is -0.870. The van der Waals surface area contributed by atoms with E-state index in [1.807, 2.05) is 20.8 Å². The highest BCUT2D eigenvalue weighted by molar-refractivity contribution is 5.07. The fourth-order valence-corrected chi connectivity index (χ4v) is 2.87. The van der Waals surface area contributed by atoms with Crippen LogP contribution in [0.3, 0.4) is 0 Å². The standard InChI is InChI=1S/C14H25N3O/c1-11-8-12(2)17(15-11)9-13-6-5-7-16(13)10-14(3,4)18/h8,13,18H,5-7,9-10H2,1-4H3. The van der Waals surface area contributed by atoms with Crippen molar-refractivity contribution >= 4 is 0 Å². The third kappa shape index (κ3) is 3.33. The van der Waals surface area contributed by atoms with E-state index in [9.17, 15) is 5.11 Å². The first-order valence-electron chi connectivity index (χ1n) is 6.83. The summed E-state index contributed by atoms with van der Waals surface area (Å²) < 4.78 is 2.10. The van der Waals surface area contributed by atoms with Gasteiger partial charge in [-0.05, 0) is 53.1 Å². The van der Waals surface area contributed by atoms with Crippen LogP contribution in [0.1, 0.15) is 38.1 Å². The molecule has 0 amide bonds. The van der Waals surface area contributed by atoms with E-state index >= 15 is 0 Å². The average molecular weight is 251 g/mol. The molecular formula is C14H25N3O. The van der Waals surface area contributed by atoms with E-state index in [1.165, 1.54) is 18.5 Å². The molecule has 1 saturated heterocycles. The van der Waals surface area contributed by atoms with Crippen LogP contribution < -0.4 is 0 Å². The van der Waals surface area contributed by atoms with Gasteiger partial charge in [-0.15, -0.1) is 0 Å². The fraction of sp³-hybridized carbons (Fsp3) is 0.786. The molecule has 0 aromatic carbocycles. The molecule has 0 bridgehead atoms. The maximum Gasteiger partial charge on any atom is 0.0718 e.